The number of aryl methyl sites for hydroxylation is 1. The number of benzene rings is 2. The number of carbonyl (C=O) groups is 2. The van der Waals surface area contributed by atoms with E-state index in [2.05, 4.69) is 21.2 Å². The molecule has 2 amide bonds. The molecule has 0 bridgehead atoms. The van der Waals surface area contributed by atoms with Crippen molar-refractivity contribution >= 4 is 39.5 Å². The van der Waals surface area contributed by atoms with Gasteiger partial charge in [0.1, 0.15) is 6.04 Å². The average Bonchev–Trinajstić information content (AvgIpc) is 2.70. The van der Waals surface area contributed by atoms with Gasteiger partial charge >= 0.3 is 0 Å². The number of halogens is 1. The van der Waals surface area contributed by atoms with Gasteiger partial charge in [0, 0.05) is 22.5 Å². The molecule has 0 saturated heterocycles. The van der Waals surface area contributed by atoms with E-state index in [0.717, 1.165) is 21.4 Å². The molecule has 2 aromatic rings. The van der Waals surface area contributed by atoms with Crippen molar-refractivity contribution in [2.24, 2.45) is 0 Å². The highest BCUT2D eigenvalue weighted by molar-refractivity contribution is 9.10. The van der Waals surface area contributed by atoms with Crippen LogP contribution < -0.4 is 5.32 Å². The summed E-state index contributed by atoms with van der Waals surface area (Å²) in [6, 6.07) is 15.4. The monoisotopic (exact) mass is 462 g/mol. The van der Waals surface area contributed by atoms with Crippen LogP contribution in [0, 0.1) is 6.92 Å². The van der Waals surface area contributed by atoms with Crippen molar-refractivity contribution in [1.82, 2.24) is 10.2 Å². The molecule has 0 aliphatic rings. The zero-order chi connectivity index (χ0) is 20.5. The molecule has 1 N–H and O–H groups in total. The molecule has 0 heterocycles. The molecule has 2 rings (SSSR count). The highest BCUT2D eigenvalue weighted by Crippen LogP contribution is 2.21. The Hall–Kier alpha value is -1.79. The normalized spacial score (nSPS) is 11.7. The lowest BCUT2D eigenvalue weighted by molar-refractivity contribution is -0.138. The van der Waals surface area contributed by atoms with Gasteiger partial charge in [-0.25, -0.2) is 0 Å². The lowest BCUT2D eigenvalue weighted by Gasteiger charge is -2.28. The second-order valence-electron chi connectivity index (χ2n) is 6.72. The molecule has 28 heavy (non-hydrogen) atoms. The lowest BCUT2D eigenvalue weighted by Crippen LogP contribution is -2.48. The number of nitrogens with one attached hydrogen (secondary N) is 1. The fraction of sp³-hybridized carbons (Fsp3) is 0.364. The van der Waals surface area contributed by atoms with Crippen molar-refractivity contribution in [2.75, 3.05) is 12.3 Å². The van der Waals surface area contributed by atoms with E-state index >= 15 is 0 Å². The van der Waals surface area contributed by atoms with Crippen LogP contribution in [0.2, 0.25) is 0 Å². The smallest absolute Gasteiger partial charge is 0.242 e. The van der Waals surface area contributed by atoms with Gasteiger partial charge in [-0.1, -0.05) is 52.7 Å². The highest BCUT2D eigenvalue weighted by atomic mass is 79.9. The third kappa shape index (κ3) is 6.99. The van der Waals surface area contributed by atoms with Crippen LogP contribution in [0.3, 0.4) is 0 Å². The lowest BCUT2D eigenvalue weighted by atomic mass is 10.1. The third-order valence-corrected chi connectivity index (χ3v) is 5.89. The van der Waals surface area contributed by atoms with Crippen molar-refractivity contribution in [3.63, 3.8) is 0 Å². The molecule has 0 radical (unpaired) electrons. The SMILES string of the molecule is CCCNC(=O)[C@H](C)N(Cc1ccc(Br)cc1)C(=O)CSc1ccc(C)cc1. The largest absolute Gasteiger partial charge is 0.354 e. The molecule has 0 spiro atoms. The van der Waals surface area contributed by atoms with Crippen molar-refractivity contribution in [3.05, 3.63) is 64.1 Å². The number of hydrogen-bond acceptors (Lipinski definition) is 3. The summed E-state index contributed by atoms with van der Waals surface area (Å²) < 4.78 is 0.984. The molecule has 0 saturated carbocycles. The van der Waals surface area contributed by atoms with E-state index in [1.165, 1.54) is 17.3 Å². The van der Waals surface area contributed by atoms with E-state index in [-0.39, 0.29) is 11.8 Å². The molecule has 4 nitrogen and oxygen atoms in total. The topological polar surface area (TPSA) is 49.4 Å². The molecule has 0 aliphatic carbocycles. The van der Waals surface area contributed by atoms with Crippen LogP contribution in [0.5, 0.6) is 0 Å². The number of hydrogen-bond donors (Lipinski definition) is 1. The summed E-state index contributed by atoms with van der Waals surface area (Å²) in [5, 5.41) is 2.90. The number of carbonyl (C=O) groups excluding carboxylic acids is 2. The maximum Gasteiger partial charge on any atom is 0.242 e. The van der Waals surface area contributed by atoms with E-state index in [1.54, 1.807) is 11.8 Å². The molecule has 0 aromatic heterocycles. The first-order valence-corrected chi connectivity index (χ1v) is 11.2. The van der Waals surface area contributed by atoms with E-state index in [9.17, 15) is 9.59 Å². The molecular formula is C22H27BrN2O2S. The predicted octanol–water partition coefficient (Wildman–Crippen LogP) is 4.79. The Labute approximate surface area is 180 Å². The summed E-state index contributed by atoms with van der Waals surface area (Å²) >= 11 is 4.92. The van der Waals surface area contributed by atoms with Gasteiger partial charge in [0.2, 0.25) is 11.8 Å². The molecule has 6 heteroatoms. The van der Waals surface area contributed by atoms with Gasteiger partial charge in [0.25, 0.3) is 0 Å². The van der Waals surface area contributed by atoms with Crippen LogP contribution in [0.1, 0.15) is 31.4 Å². The molecule has 2 aromatic carbocycles. The number of nitrogens with zero attached hydrogens (tertiary/aromatic N) is 1. The summed E-state index contributed by atoms with van der Waals surface area (Å²) in [7, 11) is 0. The summed E-state index contributed by atoms with van der Waals surface area (Å²) in [5.74, 6) is 0.130. The van der Waals surface area contributed by atoms with E-state index in [4.69, 9.17) is 0 Å². The Balaban J connectivity index is 2.10. The molecular weight excluding hydrogens is 436 g/mol. The summed E-state index contributed by atoms with van der Waals surface area (Å²) in [5.41, 5.74) is 2.18. The van der Waals surface area contributed by atoms with Crippen molar-refractivity contribution in [3.8, 4) is 0 Å². The van der Waals surface area contributed by atoms with Crippen molar-refractivity contribution in [1.29, 1.82) is 0 Å². The molecule has 0 fully saturated rings. The van der Waals surface area contributed by atoms with Gasteiger partial charge in [-0.15, -0.1) is 11.8 Å². The predicted molar refractivity (Wildman–Crippen MR) is 119 cm³/mol. The number of thioether (sulfide) groups is 1. The van der Waals surface area contributed by atoms with E-state index < -0.39 is 6.04 Å². The maximum absolute atomic E-state index is 13.0. The van der Waals surface area contributed by atoms with Crippen molar-refractivity contribution < 1.29 is 9.59 Å². The van der Waals surface area contributed by atoms with E-state index in [1.807, 2.05) is 62.4 Å². The van der Waals surface area contributed by atoms with Gasteiger partial charge < -0.3 is 10.2 Å². The van der Waals surface area contributed by atoms with Gasteiger partial charge in [-0.05, 0) is 50.1 Å². The van der Waals surface area contributed by atoms with Crippen LogP contribution in [-0.4, -0.2) is 35.1 Å². The van der Waals surface area contributed by atoms with E-state index in [0.29, 0.717) is 18.8 Å². The zero-order valence-electron chi connectivity index (χ0n) is 16.6. The molecule has 150 valence electrons. The molecule has 0 aliphatic heterocycles. The summed E-state index contributed by atoms with van der Waals surface area (Å²) in [6.45, 7) is 6.85. The molecule has 1 atom stereocenters. The average molecular weight is 463 g/mol. The summed E-state index contributed by atoms with van der Waals surface area (Å²) in [6.07, 6.45) is 0.863. The van der Waals surface area contributed by atoms with Crippen LogP contribution in [-0.2, 0) is 16.1 Å². The first-order chi connectivity index (χ1) is 13.4. The minimum absolute atomic E-state index is 0.0485. The van der Waals surface area contributed by atoms with Crippen LogP contribution in [0.25, 0.3) is 0 Å². The Morgan fingerprint density at radius 3 is 2.36 bits per heavy atom. The third-order valence-electron chi connectivity index (χ3n) is 4.37. The first-order valence-electron chi connectivity index (χ1n) is 9.41. The summed E-state index contributed by atoms with van der Waals surface area (Å²) in [4.78, 5) is 28.2. The van der Waals surface area contributed by atoms with Crippen LogP contribution in [0.4, 0.5) is 0 Å². The molecule has 0 unspecified atom stereocenters. The quantitative estimate of drug-likeness (QED) is 0.544. The Morgan fingerprint density at radius 1 is 1.11 bits per heavy atom. The maximum atomic E-state index is 13.0. The Morgan fingerprint density at radius 2 is 1.75 bits per heavy atom. The zero-order valence-corrected chi connectivity index (χ0v) is 19.0. The fourth-order valence-corrected chi connectivity index (χ4v) is 3.68. The highest BCUT2D eigenvalue weighted by Gasteiger charge is 2.25. The number of rotatable bonds is 9. The number of amides is 2. The standard InChI is InChI=1S/C22H27BrN2O2S/c1-4-13-24-22(27)17(3)25(14-18-7-9-19(23)10-8-18)21(26)15-28-20-11-5-16(2)6-12-20/h5-12,17H,4,13-15H2,1-3H3,(H,24,27)/t17-/m0/s1. The van der Waals surface area contributed by atoms with Crippen molar-refractivity contribution in [2.45, 2.75) is 44.7 Å². The first kappa shape index (κ1) is 22.5. The van der Waals surface area contributed by atoms with Gasteiger partial charge in [0.05, 0.1) is 5.75 Å². The van der Waals surface area contributed by atoms with Crippen LogP contribution >= 0.6 is 27.7 Å². The van der Waals surface area contributed by atoms with Gasteiger partial charge in [-0.2, -0.15) is 0 Å². The minimum atomic E-state index is -0.527. The Bertz CT molecular complexity index is 778. The fourth-order valence-electron chi connectivity index (χ4n) is 2.63. The second kappa shape index (κ2) is 11.3. The van der Waals surface area contributed by atoms with Gasteiger partial charge in [-0.3, -0.25) is 9.59 Å². The second-order valence-corrected chi connectivity index (χ2v) is 8.68. The van der Waals surface area contributed by atoms with Gasteiger partial charge in [0.15, 0.2) is 0 Å². The Kier molecular flexibility index (Phi) is 9.06. The minimum Gasteiger partial charge on any atom is -0.354 e. The van der Waals surface area contributed by atoms with Crippen LogP contribution in [0.15, 0.2) is 57.9 Å².